The summed E-state index contributed by atoms with van der Waals surface area (Å²) in [5, 5.41) is 6.71. The van der Waals surface area contributed by atoms with Gasteiger partial charge in [0, 0.05) is 12.1 Å². The summed E-state index contributed by atoms with van der Waals surface area (Å²) in [7, 11) is 0. The molecule has 128 valence electrons. The van der Waals surface area contributed by atoms with Gasteiger partial charge in [-0.3, -0.25) is 10.0 Å². The van der Waals surface area contributed by atoms with Gasteiger partial charge < -0.3 is 0 Å². The van der Waals surface area contributed by atoms with Crippen LogP contribution in [0.15, 0.2) is 70.8 Å². The Morgan fingerprint density at radius 3 is 2.32 bits per heavy atom. The normalized spacial score (nSPS) is 25.0. The maximum absolute atomic E-state index is 4.71. The number of hydrazone groups is 1. The zero-order valence-corrected chi connectivity index (χ0v) is 14.5. The molecular weight excluding hydrogens is 306 g/mol. The number of unbranched alkanes of at least 4 members (excludes halogenated alkanes) is 2. The molecule has 2 aromatic rings. The molecule has 0 spiro atoms. The summed E-state index contributed by atoms with van der Waals surface area (Å²) in [6, 6.07) is 22.3. The van der Waals surface area contributed by atoms with Gasteiger partial charge in [0.1, 0.15) is 0 Å². The topological polar surface area (TPSA) is 27.7 Å². The van der Waals surface area contributed by atoms with E-state index in [4.69, 9.17) is 4.99 Å². The average molecular weight is 331 g/mol. The van der Waals surface area contributed by atoms with E-state index in [1.54, 1.807) is 0 Å². The van der Waals surface area contributed by atoms with Gasteiger partial charge in [0.15, 0.2) is 0 Å². The molecule has 0 aromatic heterocycles. The largest absolute Gasteiger partial charge is 0.294 e. The fourth-order valence-electron chi connectivity index (χ4n) is 3.29. The summed E-state index contributed by atoms with van der Waals surface area (Å²) < 4.78 is 0. The second kappa shape index (κ2) is 7.64. The molecule has 0 radical (unpaired) electrons. The second-order valence-electron chi connectivity index (χ2n) is 6.93. The smallest absolute Gasteiger partial charge is 0.0912 e. The molecular formula is C22H25N3. The van der Waals surface area contributed by atoms with Gasteiger partial charge in [0.05, 0.1) is 18.6 Å². The first-order valence-electron chi connectivity index (χ1n) is 9.32. The molecule has 4 rings (SSSR count). The van der Waals surface area contributed by atoms with E-state index in [0.29, 0.717) is 18.0 Å². The van der Waals surface area contributed by atoms with E-state index in [2.05, 4.69) is 83.2 Å². The highest BCUT2D eigenvalue weighted by molar-refractivity contribution is 5.61. The van der Waals surface area contributed by atoms with Crippen molar-refractivity contribution in [2.75, 3.05) is 6.54 Å². The minimum absolute atomic E-state index is 0.490. The Morgan fingerprint density at radius 2 is 1.56 bits per heavy atom. The lowest BCUT2D eigenvalue weighted by Crippen LogP contribution is -1.90. The predicted molar refractivity (Wildman–Crippen MR) is 104 cm³/mol. The average Bonchev–Trinajstić information content (AvgIpc) is 3.58. The van der Waals surface area contributed by atoms with Crippen molar-refractivity contribution in [1.29, 1.82) is 0 Å². The molecule has 25 heavy (non-hydrogen) atoms. The Kier molecular flexibility index (Phi) is 4.91. The molecule has 3 unspecified atom stereocenters. The fraction of sp³-hybridized carbons (Fsp3) is 0.364. The SMILES string of the molecule is C(CCCC=NN1CC1c1ccccc1)=NC1CC1c1ccccc1. The van der Waals surface area contributed by atoms with E-state index in [1.807, 2.05) is 0 Å². The van der Waals surface area contributed by atoms with Gasteiger partial charge in [-0.2, -0.15) is 5.10 Å². The lowest BCUT2D eigenvalue weighted by molar-refractivity contribution is 0.554. The summed E-state index contributed by atoms with van der Waals surface area (Å²) in [5.74, 6) is 0.650. The Hall–Kier alpha value is -2.42. The molecule has 3 heteroatoms. The third kappa shape index (κ3) is 4.36. The van der Waals surface area contributed by atoms with Crippen molar-refractivity contribution in [2.24, 2.45) is 10.1 Å². The third-order valence-electron chi connectivity index (χ3n) is 4.95. The standard InChI is InChI=1S/C22H25N3/c1-4-10-18(11-5-1)20-16-21(20)23-14-8-3-9-15-24-25-17-22(25)19-12-6-2-7-13-19/h1-2,4-7,10-15,20-22H,3,8-9,16-17H2. The number of hydrogen-bond acceptors (Lipinski definition) is 3. The van der Waals surface area contributed by atoms with Crippen LogP contribution < -0.4 is 0 Å². The molecule has 0 N–H and O–H groups in total. The third-order valence-corrected chi connectivity index (χ3v) is 4.95. The van der Waals surface area contributed by atoms with E-state index in [9.17, 15) is 0 Å². The predicted octanol–water partition coefficient (Wildman–Crippen LogP) is 4.83. The van der Waals surface area contributed by atoms with Crippen LogP contribution in [0.4, 0.5) is 0 Å². The van der Waals surface area contributed by atoms with E-state index in [1.165, 1.54) is 17.5 Å². The molecule has 0 bridgehead atoms. The fourth-order valence-corrected chi connectivity index (χ4v) is 3.29. The van der Waals surface area contributed by atoms with Crippen LogP contribution in [0.2, 0.25) is 0 Å². The molecule has 1 heterocycles. The van der Waals surface area contributed by atoms with Crippen LogP contribution in [-0.2, 0) is 0 Å². The Bertz CT molecular complexity index is 660. The molecule has 1 aliphatic carbocycles. The summed E-state index contributed by atoms with van der Waals surface area (Å²) >= 11 is 0. The van der Waals surface area contributed by atoms with Crippen molar-refractivity contribution in [3.05, 3.63) is 71.8 Å². The van der Waals surface area contributed by atoms with Crippen molar-refractivity contribution >= 4 is 12.4 Å². The van der Waals surface area contributed by atoms with Crippen LogP contribution in [0.5, 0.6) is 0 Å². The highest BCUT2D eigenvalue weighted by atomic mass is 15.6. The van der Waals surface area contributed by atoms with E-state index in [-0.39, 0.29) is 0 Å². The van der Waals surface area contributed by atoms with Crippen molar-refractivity contribution in [1.82, 2.24) is 5.01 Å². The van der Waals surface area contributed by atoms with Gasteiger partial charge in [-0.1, -0.05) is 60.7 Å². The molecule has 3 nitrogen and oxygen atoms in total. The zero-order valence-electron chi connectivity index (χ0n) is 14.5. The van der Waals surface area contributed by atoms with Crippen molar-refractivity contribution in [3.63, 3.8) is 0 Å². The molecule has 2 aromatic carbocycles. The minimum Gasteiger partial charge on any atom is -0.294 e. The van der Waals surface area contributed by atoms with Crippen LogP contribution in [0.25, 0.3) is 0 Å². The Labute approximate surface area is 150 Å². The van der Waals surface area contributed by atoms with Crippen LogP contribution >= 0.6 is 0 Å². The van der Waals surface area contributed by atoms with Crippen LogP contribution in [0.3, 0.4) is 0 Å². The van der Waals surface area contributed by atoms with E-state index < -0.39 is 0 Å². The lowest BCUT2D eigenvalue weighted by atomic mass is 10.1. The highest BCUT2D eigenvalue weighted by Gasteiger charge is 2.37. The monoisotopic (exact) mass is 331 g/mol. The maximum Gasteiger partial charge on any atom is 0.0912 e. The number of rotatable bonds is 8. The summed E-state index contributed by atoms with van der Waals surface area (Å²) in [4.78, 5) is 4.71. The van der Waals surface area contributed by atoms with Gasteiger partial charge in [-0.05, 0) is 43.0 Å². The zero-order chi connectivity index (χ0) is 16.9. The number of benzene rings is 2. The summed E-state index contributed by atoms with van der Waals surface area (Å²) in [6.45, 7) is 1.05. The highest BCUT2D eigenvalue weighted by Crippen LogP contribution is 2.43. The molecule has 1 saturated heterocycles. The molecule has 1 aliphatic heterocycles. The van der Waals surface area contributed by atoms with Crippen molar-refractivity contribution in [2.45, 2.75) is 43.7 Å². The van der Waals surface area contributed by atoms with Crippen LogP contribution in [-0.4, -0.2) is 30.0 Å². The van der Waals surface area contributed by atoms with Crippen molar-refractivity contribution < 1.29 is 0 Å². The second-order valence-corrected chi connectivity index (χ2v) is 6.93. The number of aliphatic imine (C=N–C) groups is 1. The van der Waals surface area contributed by atoms with E-state index >= 15 is 0 Å². The molecule has 3 atom stereocenters. The quantitative estimate of drug-likeness (QED) is 0.387. The van der Waals surface area contributed by atoms with Crippen molar-refractivity contribution in [3.8, 4) is 0 Å². The van der Waals surface area contributed by atoms with Gasteiger partial charge in [0.25, 0.3) is 0 Å². The van der Waals surface area contributed by atoms with Crippen LogP contribution in [0, 0.1) is 0 Å². The minimum atomic E-state index is 0.490. The molecule has 1 saturated carbocycles. The van der Waals surface area contributed by atoms with Gasteiger partial charge in [0.2, 0.25) is 0 Å². The first kappa shape index (κ1) is 16.1. The lowest BCUT2D eigenvalue weighted by Gasteiger charge is -1.98. The summed E-state index contributed by atoms with van der Waals surface area (Å²) in [5.41, 5.74) is 2.80. The first-order valence-corrected chi connectivity index (χ1v) is 9.32. The van der Waals surface area contributed by atoms with Crippen LogP contribution in [0.1, 0.15) is 48.8 Å². The first-order chi connectivity index (χ1) is 12.4. The van der Waals surface area contributed by atoms with E-state index in [0.717, 1.165) is 25.8 Å². The maximum atomic E-state index is 4.71. The number of hydrogen-bond donors (Lipinski definition) is 0. The molecule has 2 aliphatic rings. The van der Waals surface area contributed by atoms with Gasteiger partial charge in [-0.15, -0.1) is 0 Å². The van der Waals surface area contributed by atoms with Gasteiger partial charge in [-0.25, -0.2) is 0 Å². The van der Waals surface area contributed by atoms with Gasteiger partial charge >= 0.3 is 0 Å². The number of nitrogens with zero attached hydrogens (tertiary/aromatic N) is 3. The molecule has 0 amide bonds. The Morgan fingerprint density at radius 1 is 0.880 bits per heavy atom. The summed E-state index contributed by atoms with van der Waals surface area (Å²) in [6.07, 6.45) is 8.58. The molecule has 2 fully saturated rings. The Balaban J connectivity index is 1.10.